The monoisotopic (exact) mass is 389 g/mol. The summed E-state index contributed by atoms with van der Waals surface area (Å²) < 4.78 is 49.0. The highest BCUT2D eigenvalue weighted by Crippen LogP contribution is 2.43. The molecule has 3 rings (SSSR count). The summed E-state index contributed by atoms with van der Waals surface area (Å²) in [5, 5.41) is 2.39. The number of anilines is 1. The van der Waals surface area contributed by atoms with Crippen molar-refractivity contribution >= 4 is 24.8 Å². The number of hydroxylamine groups is 1. The van der Waals surface area contributed by atoms with E-state index >= 15 is 0 Å². The van der Waals surface area contributed by atoms with E-state index in [1.54, 1.807) is 48.5 Å². The van der Waals surface area contributed by atoms with Gasteiger partial charge < -0.3 is 4.53 Å². The molecule has 0 saturated carbocycles. The zero-order valence-electron chi connectivity index (χ0n) is 15.5. The van der Waals surface area contributed by atoms with Crippen LogP contribution in [-0.4, -0.2) is 14.5 Å². The zero-order chi connectivity index (χ0) is 19.7. The molecule has 3 aromatic rings. The molecular weight excluding hydrogens is 367 g/mol. The predicted molar refractivity (Wildman–Crippen MR) is 106 cm³/mol. The van der Waals surface area contributed by atoms with E-state index in [4.69, 9.17) is 4.53 Å². The third kappa shape index (κ3) is 4.51. The lowest BCUT2D eigenvalue weighted by atomic mass is 9.98. The van der Waals surface area contributed by atoms with Crippen molar-refractivity contribution in [3.63, 3.8) is 0 Å². The lowest BCUT2D eigenvalue weighted by Crippen LogP contribution is -2.45. The number of alkyl halides is 3. The molecule has 0 aliphatic rings. The van der Waals surface area contributed by atoms with Crippen molar-refractivity contribution in [3.8, 4) is 0 Å². The van der Waals surface area contributed by atoms with E-state index in [0.29, 0.717) is 11.1 Å². The summed E-state index contributed by atoms with van der Waals surface area (Å²) >= 11 is 0. The summed E-state index contributed by atoms with van der Waals surface area (Å²) in [5.74, 6) is 0. The molecule has 3 aromatic carbocycles. The molecule has 0 heterocycles. The van der Waals surface area contributed by atoms with E-state index in [1.807, 2.05) is 37.8 Å². The third-order valence-corrected chi connectivity index (χ3v) is 4.79. The summed E-state index contributed by atoms with van der Waals surface area (Å²) in [6, 6.07) is 18.7. The Kier molecular flexibility index (Phi) is 5.30. The second-order valence-electron chi connectivity index (χ2n) is 7.38. The van der Waals surface area contributed by atoms with Crippen LogP contribution in [0.15, 0.2) is 72.8 Å². The van der Waals surface area contributed by atoms with E-state index in [0.717, 1.165) is 10.4 Å². The summed E-state index contributed by atoms with van der Waals surface area (Å²) in [4.78, 5) is 0. The quantitative estimate of drug-likeness (QED) is 0.355. The maximum absolute atomic E-state index is 14.3. The van der Waals surface area contributed by atoms with Crippen molar-refractivity contribution < 1.29 is 17.7 Å². The van der Waals surface area contributed by atoms with Crippen molar-refractivity contribution in [2.45, 2.75) is 31.9 Å². The van der Waals surface area contributed by atoms with Gasteiger partial charge in [-0.3, -0.25) is 0 Å². The van der Waals surface area contributed by atoms with Gasteiger partial charge in [-0.05, 0) is 48.1 Å². The van der Waals surface area contributed by atoms with Crippen LogP contribution < -0.4 is 5.06 Å². The highest BCUT2D eigenvalue weighted by atomic mass is 28.4. The molecule has 0 bridgehead atoms. The molecule has 0 spiro atoms. The van der Waals surface area contributed by atoms with Crippen LogP contribution >= 0.6 is 0 Å². The number of rotatable bonds is 5. The van der Waals surface area contributed by atoms with E-state index in [-0.39, 0.29) is 5.56 Å². The molecule has 0 amide bonds. The van der Waals surface area contributed by atoms with Crippen molar-refractivity contribution in [3.05, 3.63) is 78.4 Å². The van der Waals surface area contributed by atoms with Crippen molar-refractivity contribution in [1.29, 1.82) is 0 Å². The molecule has 0 saturated heterocycles. The molecule has 0 radical (unpaired) electrons. The van der Waals surface area contributed by atoms with Crippen LogP contribution in [0.4, 0.5) is 18.9 Å². The Balaban J connectivity index is 2.22. The van der Waals surface area contributed by atoms with E-state index in [1.165, 1.54) is 6.07 Å². The number of fused-ring (bicyclic) bond motifs is 1. The molecule has 27 heavy (non-hydrogen) atoms. The summed E-state index contributed by atoms with van der Waals surface area (Å²) in [6.45, 7) is 5.62. The van der Waals surface area contributed by atoms with E-state index in [2.05, 4.69) is 0 Å². The molecule has 0 fully saturated rings. The second kappa shape index (κ2) is 7.36. The first-order valence-electron chi connectivity index (χ1n) is 8.74. The number of hydrogen-bond acceptors (Lipinski definition) is 2. The van der Waals surface area contributed by atoms with Gasteiger partial charge in [0.25, 0.3) is 0 Å². The van der Waals surface area contributed by atoms with Crippen LogP contribution in [0.3, 0.4) is 0 Å². The van der Waals surface area contributed by atoms with Crippen LogP contribution in [0.1, 0.15) is 11.6 Å². The smallest absolute Gasteiger partial charge is 0.319 e. The van der Waals surface area contributed by atoms with Crippen LogP contribution in [-0.2, 0) is 4.53 Å². The fraction of sp³-hybridized carbons (Fsp3) is 0.238. The lowest BCUT2D eigenvalue weighted by molar-refractivity contribution is -0.161. The highest BCUT2D eigenvalue weighted by Gasteiger charge is 2.47. The largest absolute Gasteiger partial charge is 0.415 e. The summed E-state index contributed by atoms with van der Waals surface area (Å²) in [7, 11) is -2.32. The maximum atomic E-state index is 14.3. The van der Waals surface area contributed by atoms with Gasteiger partial charge in [0.1, 0.15) is 0 Å². The Morgan fingerprint density at radius 1 is 0.815 bits per heavy atom. The van der Waals surface area contributed by atoms with Gasteiger partial charge in [0.05, 0.1) is 5.69 Å². The average molecular weight is 389 g/mol. The Labute approximate surface area is 158 Å². The number of benzene rings is 3. The molecule has 2 nitrogen and oxygen atoms in total. The molecule has 0 aliphatic carbocycles. The normalized spacial score (nSPS) is 13.6. The number of para-hydroxylation sites is 1. The first-order chi connectivity index (χ1) is 12.7. The van der Waals surface area contributed by atoms with Crippen molar-refractivity contribution in [1.82, 2.24) is 0 Å². The van der Waals surface area contributed by atoms with Gasteiger partial charge in [0, 0.05) is 0 Å². The lowest BCUT2D eigenvalue weighted by Gasteiger charge is -2.38. The van der Waals surface area contributed by atoms with Gasteiger partial charge in [-0.25, -0.2) is 5.06 Å². The fourth-order valence-corrected chi connectivity index (χ4v) is 3.85. The minimum Gasteiger partial charge on any atom is -0.319 e. The number of hydrogen-bond donors (Lipinski definition) is 0. The zero-order valence-corrected chi connectivity index (χ0v) is 16.5. The second-order valence-corrected chi connectivity index (χ2v) is 11.8. The number of nitrogens with zero attached hydrogens (tertiary/aromatic N) is 1. The summed E-state index contributed by atoms with van der Waals surface area (Å²) in [5.41, 5.74) is 0.567. The van der Waals surface area contributed by atoms with Gasteiger partial charge in [0.2, 0.25) is 8.32 Å². The number of halogens is 3. The van der Waals surface area contributed by atoms with E-state index in [9.17, 15) is 13.2 Å². The molecular formula is C21H22F3NOSi. The molecule has 1 unspecified atom stereocenters. The average Bonchev–Trinajstić information content (AvgIpc) is 2.60. The van der Waals surface area contributed by atoms with Gasteiger partial charge in [-0.1, -0.05) is 60.7 Å². The Bertz CT molecular complexity index is 901. The fourth-order valence-electron chi connectivity index (χ4n) is 3.05. The molecule has 6 heteroatoms. The van der Waals surface area contributed by atoms with Crippen LogP contribution in [0.2, 0.25) is 19.6 Å². The van der Waals surface area contributed by atoms with Gasteiger partial charge in [-0.15, -0.1) is 0 Å². The topological polar surface area (TPSA) is 12.5 Å². The SMILES string of the molecule is C[Si](C)(C)ON(c1ccccc1)C(c1cccc2ccccc12)C(F)(F)F. The van der Waals surface area contributed by atoms with Gasteiger partial charge in [-0.2, -0.15) is 13.2 Å². The predicted octanol–water partition coefficient (Wildman–Crippen LogP) is 6.72. The maximum Gasteiger partial charge on any atom is 0.415 e. The van der Waals surface area contributed by atoms with Crippen LogP contribution in [0, 0.1) is 0 Å². The highest BCUT2D eigenvalue weighted by molar-refractivity contribution is 6.69. The first-order valence-corrected chi connectivity index (χ1v) is 12.2. The van der Waals surface area contributed by atoms with Crippen molar-refractivity contribution in [2.24, 2.45) is 0 Å². The summed E-state index contributed by atoms with van der Waals surface area (Å²) in [6.07, 6.45) is -4.51. The third-order valence-electron chi connectivity index (χ3n) is 4.05. The van der Waals surface area contributed by atoms with E-state index < -0.39 is 20.5 Å². The first kappa shape index (κ1) is 19.4. The molecule has 0 aromatic heterocycles. The Hall–Kier alpha value is -2.31. The van der Waals surface area contributed by atoms with Gasteiger partial charge in [0.15, 0.2) is 6.04 Å². The van der Waals surface area contributed by atoms with Crippen molar-refractivity contribution in [2.75, 3.05) is 5.06 Å². The van der Waals surface area contributed by atoms with Crippen LogP contribution in [0.25, 0.3) is 10.8 Å². The Morgan fingerprint density at radius 2 is 1.41 bits per heavy atom. The van der Waals surface area contributed by atoms with Gasteiger partial charge >= 0.3 is 6.18 Å². The molecule has 0 N–H and O–H groups in total. The minimum atomic E-state index is -4.51. The Morgan fingerprint density at radius 3 is 2.04 bits per heavy atom. The molecule has 0 aliphatic heterocycles. The minimum absolute atomic E-state index is 0.183. The standard InChI is InChI=1S/C21H22F3NOSi/c1-27(2,3)26-25(17-12-5-4-6-13-17)20(21(22,23)24)19-15-9-11-16-10-7-8-14-18(16)19/h4-15,20H,1-3H3. The molecule has 142 valence electrons. The molecule has 1 atom stereocenters. The van der Waals surface area contributed by atoms with Crippen LogP contribution in [0.5, 0.6) is 0 Å².